The quantitative estimate of drug-likeness (QED) is 0.488. The molecule has 2 heterocycles. The van der Waals surface area contributed by atoms with Crippen LogP contribution in [-0.4, -0.2) is 19.9 Å². The summed E-state index contributed by atoms with van der Waals surface area (Å²) in [6.45, 7) is 1.01. The van der Waals surface area contributed by atoms with Crippen molar-refractivity contribution in [3.63, 3.8) is 0 Å². The van der Waals surface area contributed by atoms with Gasteiger partial charge in [-0.05, 0) is 0 Å². The maximum Gasteiger partial charge on any atom is 0.168 e. The summed E-state index contributed by atoms with van der Waals surface area (Å²) < 4.78 is 27.7. The van der Waals surface area contributed by atoms with Gasteiger partial charge in [-0.3, -0.25) is 0 Å². The van der Waals surface area contributed by atoms with E-state index in [9.17, 15) is 8.42 Å². The van der Waals surface area contributed by atoms with E-state index in [-0.39, 0.29) is 36.3 Å². The van der Waals surface area contributed by atoms with Crippen LogP contribution in [0.15, 0.2) is 61.2 Å². The fraction of sp³-hybridized carbons (Fsp3) is 0.286. The van der Waals surface area contributed by atoms with Gasteiger partial charge in [-0.25, -0.2) is 17.6 Å². The third-order valence-corrected chi connectivity index (χ3v) is 4.48. The first-order valence-electron chi connectivity index (χ1n) is 6.24. The molecule has 21 heavy (non-hydrogen) atoms. The van der Waals surface area contributed by atoms with Gasteiger partial charge in [0.15, 0.2) is 47.7 Å². The highest BCUT2D eigenvalue weighted by Gasteiger charge is 2.16. The predicted octanol–water partition coefficient (Wildman–Crippen LogP) is -5.62. The molecule has 116 valence electrons. The first kappa shape index (κ1) is 19.8. The second-order valence-electron chi connectivity index (χ2n) is 4.38. The number of aromatic nitrogens is 2. The van der Waals surface area contributed by atoms with E-state index in [0.717, 1.165) is 0 Å². The molecule has 0 spiro atoms. The molecule has 2 aromatic heterocycles. The Balaban J connectivity index is 0.00000200. The molecule has 0 amide bonds. The van der Waals surface area contributed by atoms with Gasteiger partial charge < -0.3 is 24.8 Å². The molecule has 0 aliphatic carbocycles. The van der Waals surface area contributed by atoms with E-state index >= 15 is 0 Å². The van der Waals surface area contributed by atoms with Crippen LogP contribution in [0.1, 0.15) is 0 Å². The minimum Gasteiger partial charge on any atom is -1.00 e. The molecule has 7 heteroatoms. The fourth-order valence-electron chi connectivity index (χ4n) is 1.76. The molecule has 2 aromatic rings. The molecule has 4 nitrogen and oxygen atoms in total. The zero-order chi connectivity index (χ0) is 13.6. The van der Waals surface area contributed by atoms with Gasteiger partial charge in [0.2, 0.25) is 0 Å². The molecule has 0 unspecified atom stereocenters. The van der Waals surface area contributed by atoms with Crippen LogP contribution in [0, 0.1) is 0 Å². The highest BCUT2D eigenvalue weighted by atomic mass is 35.5. The lowest BCUT2D eigenvalue weighted by molar-refractivity contribution is -0.693. The van der Waals surface area contributed by atoms with Gasteiger partial charge in [0, 0.05) is 24.3 Å². The third kappa shape index (κ3) is 7.41. The Labute approximate surface area is 138 Å². The Hall–Kier alpha value is -1.17. The van der Waals surface area contributed by atoms with Crippen molar-refractivity contribution in [2.45, 2.75) is 13.1 Å². The standard InChI is InChI=1S/C14H18N2O2S.2ClH/c17-19(18,13-11-15-7-3-1-4-8-15)14-12-16-9-5-2-6-10-16;;/h1-10H,11-14H2;2*1H/q+2;;/p-2. The van der Waals surface area contributed by atoms with Gasteiger partial charge in [0.1, 0.15) is 11.5 Å². The third-order valence-electron chi connectivity index (χ3n) is 2.88. The summed E-state index contributed by atoms with van der Waals surface area (Å²) in [6, 6.07) is 11.4. The van der Waals surface area contributed by atoms with Gasteiger partial charge in [0.05, 0.1) is 0 Å². The van der Waals surface area contributed by atoms with Gasteiger partial charge in [0.25, 0.3) is 0 Å². The number of rotatable bonds is 6. The van der Waals surface area contributed by atoms with Gasteiger partial charge >= 0.3 is 0 Å². The minimum atomic E-state index is -3.02. The molecule has 0 saturated heterocycles. The number of pyridine rings is 2. The summed E-state index contributed by atoms with van der Waals surface area (Å²) in [4.78, 5) is 0. The summed E-state index contributed by atoms with van der Waals surface area (Å²) in [6.07, 6.45) is 7.51. The minimum absolute atomic E-state index is 0. The van der Waals surface area contributed by atoms with E-state index in [4.69, 9.17) is 0 Å². The van der Waals surface area contributed by atoms with Gasteiger partial charge in [-0.2, -0.15) is 0 Å². The van der Waals surface area contributed by atoms with Crippen molar-refractivity contribution in [2.75, 3.05) is 11.5 Å². The van der Waals surface area contributed by atoms with Crippen LogP contribution >= 0.6 is 0 Å². The highest BCUT2D eigenvalue weighted by molar-refractivity contribution is 7.91. The summed E-state index contributed by atoms with van der Waals surface area (Å²) in [5.74, 6) is 0.351. The average Bonchev–Trinajstić information content (AvgIpc) is 2.46. The van der Waals surface area contributed by atoms with Crippen LogP contribution in [0.3, 0.4) is 0 Å². The SMILES string of the molecule is O=S(=O)(CC[n+]1ccccc1)CC[n+]1ccccc1.[Cl-].[Cl-]. The van der Waals surface area contributed by atoms with Crippen LogP contribution in [0.5, 0.6) is 0 Å². The van der Waals surface area contributed by atoms with Crippen molar-refractivity contribution >= 4 is 9.84 Å². The van der Waals surface area contributed by atoms with Crippen molar-refractivity contribution in [1.82, 2.24) is 0 Å². The molecular weight excluding hydrogens is 331 g/mol. The lowest BCUT2D eigenvalue weighted by Crippen LogP contribution is -3.00. The molecule has 0 radical (unpaired) electrons. The molecule has 0 aliphatic heterocycles. The zero-order valence-electron chi connectivity index (χ0n) is 11.5. The molecule has 0 bridgehead atoms. The van der Waals surface area contributed by atoms with Gasteiger partial charge in [-0.1, -0.05) is 12.1 Å². The van der Waals surface area contributed by atoms with Crippen LogP contribution in [0.2, 0.25) is 0 Å². The topological polar surface area (TPSA) is 41.9 Å². The monoisotopic (exact) mass is 348 g/mol. The molecule has 0 N–H and O–H groups in total. The maximum atomic E-state index is 12.0. The first-order chi connectivity index (χ1) is 9.16. The fourth-order valence-corrected chi connectivity index (χ4v) is 2.94. The van der Waals surface area contributed by atoms with Crippen LogP contribution < -0.4 is 33.9 Å². The van der Waals surface area contributed by atoms with Crippen LogP contribution in [0.25, 0.3) is 0 Å². The van der Waals surface area contributed by atoms with E-state index in [1.165, 1.54) is 0 Å². The predicted molar refractivity (Wildman–Crippen MR) is 71.9 cm³/mol. The second kappa shape index (κ2) is 9.71. The van der Waals surface area contributed by atoms with E-state index in [2.05, 4.69) is 0 Å². The number of hydrogen-bond donors (Lipinski definition) is 0. The Kier molecular flexibility index (Phi) is 9.17. The molecule has 0 aliphatic rings. The van der Waals surface area contributed by atoms with Crippen molar-refractivity contribution in [1.29, 1.82) is 0 Å². The molecule has 0 atom stereocenters. The Bertz CT molecular complexity index is 558. The molecule has 0 aromatic carbocycles. The van der Waals surface area contributed by atoms with E-state index in [1.54, 1.807) is 0 Å². The highest BCUT2D eigenvalue weighted by Crippen LogP contribution is 1.91. The van der Waals surface area contributed by atoms with Crippen LogP contribution in [0.4, 0.5) is 0 Å². The van der Waals surface area contributed by atoms with Crippen molar-refractivity contribution < 1.29 is 42.4 Å². The number of halogens is 2. The van der Waals surface area contributed by atoms with E-state index in [1.807, 2.05) is 70.3 Å². The molecule has 2 rings (SSSR count). The average molecular weight is 349 g/mol. The van der Waals surface area contributed by atoms with Crippen molar-refractivity contribution in [2.24, 2.45) is 0 Å². The van der Waals surface area contributed by atoms with Crippen LogP contribution in [-0.2, 0) is 22.9 Å². The smallest absolute Gasteiger partial charge is 0.168 e. The van der Waals surface area contributed by atoms with Gasteiger partial charge in [-0.15, -0.1) is 0 Å². The Morgan fingerprint density at radius 1 is 0.619 bits per heavy atom. The summed E-state index contributed by atoms with van der Waals surface area (Å²) in [7, 11) is -3.02. The lowest BCUT2D eigenvalue weighted by atomic mass is 10.5. The lowest BCUT2D eigenvalue weighted by Gasteiger charge is -2.00. The Morgan fingerprint density at radius 3 is 1.29 bits per heavy atom. The van der Waals surface area contributed by atoms with E-state index < -0.39 is 9.84 Å². The largest absolute Gasteiger partial charge is 1.00 e. The number of nitrogens with zero attached hydrogens (tertiary/aromatic N) is 2. The summed E-state index contributed by atoms with van der Waals surface area (Å²) in [5, 5.41) is 0. The zero-order valence-corrected chi connectivity index (χ0v) is 13.8. The van der Waals surface area contributed by atoms with Crippen molar-refractivity contribution in [3.05, 3.63) is 61.2 Å². The van der Waals surface area contributed by atoms with E-state index in [0.29, 0.717) is 13.1 Å². The summed E-state index contributed by atoms with van der Waals surface area (Å²) in [5.41, 5.74) is 0. The molecule has 0 saturated carbocycles. The number of aryl methyl sites for hydroxylation is 2. The first-order valence-corrected chi connectivity index (χ1v) is 8.06. The number of hydrogen-bond acceptors (Lipinski definition) is 2. The summed E-state index contributed by atoms with van der Waals surface area (Å²) >= 11 is 0. The van der Waals surface area contributed by atoms with Crippen molar-refractivity contribution in [3.8, 4) is 0 Å². The maximum absolute atomic E-state index is 12.0. The second-order valence-corrected chi connectivity index (χ2v) is 6.68. The molecule has 0 fully saturated rings. The number of sulfone groups is 1. The normalized spacial score (nSPS) is 10.3. The Morgan fingerprint density at radius 2 is 0.952 bits per heavy atom. The molecular formula is C14H18Cl2N2O2S.